The van der Waals surface area contributed by atoms with Crippen LogP contribution in [0.4, 0.5) is 0 Å². The van der Waals surface area contributed by atoms with Crippen molar-refractivity contribution in [3.8, 4) is 0 Å². The maximum atomic E-state index is 13.1. The highest BCUT2D eigenvalue weighted by atomic mass is 35.5. The van der Waals surface area contributed by atoms with Crippen LogP contribution in [0.1, 0.15) is 47.6 Å². The van der Waals surface area contributed by atoms with E-state index in [9.17, 15) is 4.79 Å². The van der Waals surface area contributed by atoms with E-state index in [1.54, 1.807) is 10.9 Å². The Bertz CT molecular complexity index is 981. The van der Waals surface area contributed by atoms with Crippen molar-refractivity contribution in [3.05, 3.63) is 65.0 Å². The number of aromatic nitrogens is 5. The molecule has 1 atom stereocenters. The highest BCUT2D eigenvalue weighted by Gasteiger charge is 2.29. The van der Waals surface area contributed by atoms with Crippen molar-refractivity contribution >= 4 is 17.5 Å². The average molecular weight is 413 g/mol. The van der Waals surface area contributed by atoms with Crippen molar-refractivity contribution in [2.45, 2.75) is 51.7 Å². The van der Waals surface area contributed by atoms with Crippen LogP contribution in [0.3, 0.4) is 0 Å². The Morgan fingerprint density at radius 2 is 2.14 bits per heavy atom. The van der Waals surface area contributed by atoms with E-state index in [2.05, 4.69) is 19.9 Å². The molecule has 0 aliphatic carbocycles. The number of halogens is 1. The number of amides is 1. The van der Waals surface area contributed by atoms with Crippen LogP contribution in [0.25, 0.3) is 0 Å². The highest BCUT2D eigenvalue weighted by Crippen LogP contribution is 2.23. The summed E-state index contributed by atoms with van der Waals surface area (Å²) in [7, 11) is 0. The van der Waals surface area contributed by atoms with Crippen molar-refractivity contribution in [3.63, 3.8) is 0 Å². The minimum atomic E-state index is -0.0394. The van der Waals surface area contributed by atoms with E-state index in [1.807, 2.05) is 48.5 Å². The van der Waals surface area contributed by atoms with Gasteiger partial charge in [0, 0.05) is 36.5 Å². The van der Waals surface area contributed by atoms with Crippen molar-refractivity contribution in [1.29, 1.82) is 0 Å². The van der Waals surface area contributed by atoms with Crippen molar-refractivity contribution in [2.75, 3.05) is 6.54 Å². The van der Waals surface area contributed by atoms with Crippen LogP contribution in [0.2, 0.25) is 5.02 Å². The zero-order valence-corrected chi connectivity index (χ0v) is 17.3. The summed E-state index contributed by atoms with van der Waals surface area (Å²) in [5.74, 6) is 0.962. The number of rotatable bonds is 6. The molecule has 8 heteroatoms. The Morgan fingerprint density at radius 1 is 1.28 bits per heavy atom. The van der Waals surface area contributed by atoms with E-state index in [0.29, 0.717) is 17.3 Å². The summed E-state index contributed by atoms with van der Waals surface area (Å²) in [6, 6.07) is 7.84. The van der Waals surface area contributed by atoms with Gasteiger partial charge in [-0.05, 0) is 44.2 Å². The minimum absolute atomic E-state index is 0.0394. The third-order valence-electron chi connectivity index (χ3n) is 5.56. The number of carbonyl (C=O) groups excluding carboxylic acids is 1. The number of hydrogen-bond acceptors (Lipinski definition) is 4. The Kier molecular flexibility index (Phi) is 5.94. The molecule has 2 aromatic heterocycles. The summed E-state index contributed by atoms with van der Waals surface area (Å²) >= 11 is 6.23. The van der Waals surface area contributed by atoms with Gasteiger partial charge in [0.2, 0.25) is 0 Å². The quantitative estimate of drug-likeness (QED) is 0.620. The molecule has 1 saturated heterocycles. The molecule has 7 nitrogen and oxygen atoms in total. The van der Waals surface area contributed by atoms with E-state index < -0.39 is 0 Å². The number of piperidine rings is 1. The molecule has 0 bridgehead atoms. The molecule has 152 valence electrons. The lowest BCUT2D eigenvalue weighted by atomic mass is 9.99. The molecule has 1 aliphatic heterocycles. The first kappa shape index (κ1) is 19.6. The summed E-state index contributed by atoms with van der Waals surface area (Å²) in [5.41, 5.74) is 1.34. The van der Waals surface area contributed by atoms with Crippen LogP contribution in [0, 0.1) is 6.92 Å². The van der Waals surface area contributed by atoms with E-state index in [4.69, 9.17) is 11.6 Å². The van der Waals surface area contributed by atoms with E-state index in [-0.39, 0.29) is 11.9 Å². The first-order valence-electron chi connectivity index (χ1n) is 10.0. The third-order valence-corrected chi connectivity index (χ3v) is 5.93. The van der Waals surface area contributed by atoms with Crippen LogP contribution in [-0.4, -0.2) is 47.9 Å². The Balaban J connectivity index is 1.43. The summed E-state index contributed by atoms with van der Waals surface area (Å²) < 4.78 is 3.80. The molecule has 0 N–H and O–H groups in total. The lowest BCUT2D eigenvalue weighted by molar-refractivity contribution is 0.0589. The Morgan fingerprint density at radius 3 is 2.93 bits per heavy atom. The fourth-order valence-corrected chi connectivity index (χ4v) is 4.11. The second-order valence-corrected chi connectivity index (χ2v) is 7.90. The number of benzene rings is 1. The molecule has 1 aromatic carbocycles. The van der Waals surface area contributed by atoms with Gasteiger partial charge in [-0.1, -0.05) is 35.0 Å². The van der Waals surface area contributed by atoms with Crippen molar-refractivity contribution in [2.24, 2.45) is 0 Å². The summed E-state index contributed by atoms with van der Waals surface area (Å²) in [4.78, 5) is 19.4. The largest absolute Gasteiger partial charge is 0.335 e. The number of nitrogens with zero attached hydrogens (tertiary/aromatic N) is 6. The van der Waals surface area contributed by atoms with Gasteiger partial charge in [0.1, 0.15) is 5.82 Å². The third kappa shape index (κ3) is 4.50. The molecule has 1 aliphatic rings. The van der Waals surface area contributed by atoms with Crippen LogP contribution in [-0.2, 0) is 13.1 Å². The molecule has 0 spiro atoms. The van der Waals surface area contributed by atoms with Gasteiger partial charge in [-0.15, -0.1) is 5.10 Å². The number of imidazole rings is 1. The Labute approximate surface area is 175 Å². The monoisotopic (exact) mass is 412 g/mol. The smallest absolute Gasteiger partial charge is 0.276 e. The molecule has 1 unspecified atom stereocenters. The molecular weight excluding hydrogens is 388 g/mol. The van der Waals surface area contributed by atoms with Gasteiger partial charge >= 0.3 is 0 Å². The standard InChI is InChI=1S/C21H25ClN6O/c1-16-23-10-13-26(16)12-9-18-7-4-5-11-28(18)21(29)20-15-27(25-24-20)14-17-6-2-3-8-19(17)22/h2-3,6,8,10,13,15,18H,4-5,7,9,11-12,14H2,1H3. The fraction of sp³-hybridized carbons (Fsp3) is 0.429. The zero-order chi connectivity index (χ0) is 20.2. The first-order valence-corrected chi connectivity index (χ1v) is 10.4. The van der Waals surface area contributed by atoms with Gasteiger partial charge in [0.25, 0.3) is 5.91 Å². The highest BCUT2D eigenvalue weighted by molar-refractivity contribution is 6.31. The van der Waals surface area contributed by atoms with Crippen LogP contribution in [0.15, 0.2) is 42.9 Å². The lowest BCUT2D eigenvalue weighted by Gasteiger charge is -2.35. The van der Waals surface area contributed by atoms with Gasteiger partial charge in [-0.2, -0.15) is 0 Å². The molecular formula is C21H25ClN6O. The summed E-state index contributed by atoms with van der Waals surface area (Å²) in [6.07, 6.45) is 9.64. The van der Waals surface area contributed by atoms with E-state index >= 15 is 0 Å². The topological polar surface area (TPSA) is 68.8 Å². The maximum absolute atomic E-state index is 13.1. The number of hydrogen-bond donors (Lipinski definition) is 0. The van der Waals surface area contributed by atoms with Gasteiger partial charge in [-0.25, -0.2) is 9.67 Å². The molecule has 3 heterocycles. The maximum Gasteiger partial charge on any atom is 0.276 e. The van der Waals surface area contributed by atoms with Crippen LogP contribution >= 0.6 is 11.6 Å². The fourth-order valence-electron chi connectivity index (χ4n) is 3.92. The second-order valence-electron chi connectivity index (χ2n) is 7.50. The molecule has 0 radical (unpaired) electrons. The van der Waals surface area contributed by atoms with Crippen molar-refractivity contribution in [1.82, 2.24) is 29.4 Å². The number of carbonyl (C=O) groups is 1. The zero-order valence-electron chi connectivity index (χ0n) is 16.5. The van der Waals surface area contributed by atoms with Gasteiger partial charge in [0.05, 0.1) is 12.7 Å². The molecule has 0 saturated carbocycles. The SMILES string of the molecule is Cc1nccn1CCC1CCCCN1C(=O)c1cn(Cc2ccccc2Cl)nn1. The van der Waals surface area contributed by atoms with Gasteiger partial charge < -0.3 is 9.47 Å². The van der Waals surface area contributed by atoms with E-state index in [0.717, 1.165) is 50.2 Å². The summed E-state index contributed by atoms with van der Waals surface area (Å²) in [6.45, 7) is 4.12. The number of likely N-dealkylation sites (tertiary alicyclic amines) is 1. The van der Waals surface area contributed by atoms with Crippen molar-refractivity contribution < 1.29 is 4.79 Å². The van der Waals surface area contributed by atoms with Crippen LogP contribution in [0.5, 0.6) is 0 Å². The predicted molar refractivity (Wildman–Crippen MR) is 111 cm³/mol. The van der Waals surface area contributed by atoms with E-state index in [1.165, 1.54) is 0 Å². The molecule has 3 aromatic rings. The lowest BCUT2D eigenvalue weighted by Crippen LogP contribution is -2.44. The molecule has 1 fully saturated rings. The minimum Gasteiger partial charge on any atom is -0.335 e. The average Bonchev–Trinajstić information content (AvgIpc) is 3.37. The molecule has 4 rings (SSSR count). The normalized spacial score (nSPS) is 16.9. The second kappa shape index (κ2) is 8.78. The first-order chi connectivity index (χ1) is 14.1. The van der Waals surface area contributed by atoms with Gasteiger partial charge in [-0.3, -0.25) is 4.79 Å². The van der Waals surface area contributed by atoms with Crippen LogP contribution < -0.4 is 0 Å². The molecule has 1 amide bonds. The predicted octanol–water partition coefficient (Wildman–Crippen LogP) is 3.57. The molecule has 29 heavy (non-hydrogen) atoms. The van der Waals surface area contributed by atoms with Gasteiger partial charge in [0.15, 0.2) is 5.69 Å². The Hall–Kier alpha value is -2.67. The number of aryl methyl sites for hydroxylation is 2. The summed E-state index contributed by atoms with van der Waals surface area (Å²) in [5, 5.41) is 8.96.